The highest BCUT2D eigenvalue weighted by Crippen LogP contribution is 2.15. The van der Waals surface area contributed by atoms with Gasteiger partial charge in [-0.1, -0.05) is 0 Å². The molecule has 0 aromatic heterocycles. The Bertz CT molecular complexity index is 555. The first-order chi connectivity index (χ1) is 8.88. The minimum absolute atomic E-state index is 0.0964. The molecule has 19 heavy (non-hydrogen) atoms. The Morgan fingerprint density at radius 1 is 1.42 bits per heavy atom. The van der Waals surface area contributed by atoms with Crippen LogP contribution in [0.2, 0.25) is 0 Å². The maximum atomic E-state index is 12.0. The van der Waals surface area contributed by atoms with Gasteiger partial charge in [-0.2, -0.15) is 11.8 Å². The van der Waals surface area contributed by atoms with E-state index in [4.69, 9.17) is 5.11 Å². The Hall–Kier alpha value is -1.05. The van der Waals surface area contributed by atoms with E-state index < -0.39 is 16.0 Å². The molecule has 0 aliphatic heterocycles. The highest BCUT2D eigenvalue weighted by atomic mass is 32.2. The van der Waals surface area contributed by atoms with Gasteiger partial charge in [0, 0.05) is 6.54 Å². The van der Waals surface area contributed by atoms with E-state index in [0.29, 0.717) is 12.1 Å². The molecule has 7 heteroatoms. The summed E-state index contributed by atoms with van der Waals surface area (Å²) in [6, 6.07) is 4.00. The van der Waals surface area contributed by atoms with Crippen LogP contribution in [-0.2, 0) is 10.0 Å². The summed E-state index contributed by atoms with van der Waals surface area (Å²) >= 11 is 1.66. The molecule has 0 amide bonds. The Kier molecular flexibility index (Phi) is 5.84. The molecule has 0 radical (unpaired) electrons. The molecule has 0 aliphatic carbocycles. The monoisotopic (exact) mass is 303 g/mol. The van der Waals surface area contributed by atoms with Gasteiger partial charge in [0.05, 0.1) is 10.5 Å². The highest BCUT2D eigenvalue weighted by Gasteiger charge is 2.16. The van der Waals surface area contributed by atoms with Gasteiger partial charge in [-0.3, -0.25) is 0 Å². The minimum Gasteiger partial charge on any atom is -0.478 e. The fraction of sp³-hybridized carbons (Fsp3) is 0.417. The summed E-state index contributed by atoms with van der Waals surface area (Å²) in [5.41, 5.74) is 0.542. The average Bonchev–Trinajstić information content (AvgIpc) is 2.34. The molecule has 0 heterocycles. The van der Waals surface area contributed by atoms with Gasteiger partial charge in [0.2, 0.25) is 10.0 Å². The summed E-state index contributed by atoms with van der Waals surface area (Å²) in [6.07, 6.45) is 2.72. The fourth-order valence-corrected chi connectivity index (χ4v) is 3.14. The third kappa shape index (κ3) is 4.52. The van der Waals surface area contributed by atoms with E-state index in [1.807, 2.05) is 6.26 Å². The summed E-state index contributed by atoms with van der Waals surface area (Å²) in [4.78, 5) is 11.0. The molecule has 0 saturated carbocycles. The van der Waals surface area contributed by atoms with Crippen molar-refractivity contribution in [1.82, 2.24) is 4.72 Å². The summed E-state index contributed by atoms with van der Waals surface area (Å²) in [6.45, 7) is 1.96. The van der Waals surface area contributed by atoms with Gasteiger partial charge in [0.15, 0.2) is 0 Å². The molecule has 0 aliphatic rings. The zero-order chi connectivity index (χ0) is 14.5. The van der Waals surface area contributed by atoms with Crippen molar-refractivity contribution in [2.45, 2.75) is 18.2 Å². The van der Waals surface area contributed by atoms with Gasteiger partial charge in [-0.25, -0.2) is 17.9 Å². The van der Waals surface area contributed by atoms with E-state index in [1.165, 1.54) is 18.2 Å². The second kappa shape index (κ2) is 6.93. The molecular weight excluding hydrogens is 286 g/mol. The molecule has 0 bridgehead atoms. The van der Waals surface area contributed by atoms with Crippen LogP contribution in [0.5, 0.6) is 0 Å². The predicted octanol–water partition coefficient (Wildman–Crippen LogP) is 1.72. The number of hydrogen-bond donors (Lipinski definition) is 2. The van der Waals surface area contributed by atoms with Gasteiger partial charge >= 0.3 is 5.97 Å². The molecule has 1 rings (SSSR count). The summed E-state index contributed by atoms with van der Waals surface area (Å²) in [5.74, 6) is -0.172. The van der Waals surface area contributed by atoms with E-state index in [-0.39, 0.29) is 10.5 Å². The maximum absolute atomic E-state index is 12.0. The quantitative estimate of drug-likeness (QED) is 0.749. The van der Waals surface area contributed by atoms with E-state index in [1.54, 1.807) is 18.7 Å². The highest BCUT2D eigenvalue weighted by molar-refractivity contribution is 7.98. The van der Waals surface area contributed by atoms with Crippen LogP contribution < -0.4 is 4.72 Å². The number of carbonyl (C=O) groups is 1. The molecular formula is C12H17NO4S2. The van der Waals surface area contributed by atoms with Crippen molar-refractivity contribution in [3.63, 3.8) is 0 Å². The fourth-order valence-electron chi connectivity index (χ4n) is 1.55. The number of aromatic carboxylic acids is 1. The standard InChI is InChI=1S/C12H17NO4S2/c1-9-8-10(4-5-11(9)12(14)15)19(16,17)13-6-3-7-18-2/h4-5,8,13H,3,6-7H2,1-2H3,(H,14,15). The van der Waals surface area contributed by atoms with Crippen LogP contribution in [0.3, 0.4) is 0 Å². The lowest BCUT2D eigenvalue weighted by atomic mass is 10.1. The molecule has 1 aromatic carbocycles. The number of thioether (sulfide) groups is 1. The third-order valence-corrected chi connectivity index (χ3v) is 4.71. The molecule has 0 fully saturated rings. The summed E-state index contributed by atoms with van der Waals surface area (Å²) in [7, 11) is -3.56. The normalized spacial score (nSPS) is 11.5. The molecule has 1 aromatic rings. The molecule has 0 saturated heterocycles. The number of aryl methyl sites for hydroxylation is 1. The van der Waals surface area contributed by atoms with Crippen LogP contribution in [0, 0.1) is 6.92 Å². The van der Waals surface area contributed by atoms with Crippen molar-refractivity contribution in [2.75, 3.05) is 18.6 Å². The SMILES string of the molecule is CSCCCNS(=O)(=O)c1ccc(C(=O)O)c(C)c1. The second-order valence-electron chi connectivity index (χ2n) is 4.03. The van der Waals surface area contributed by atoms with E-state index in [2.05, 4.69) is 4.72 Å². The van der Waals surface area contributed by atoms with Crippen molar-refractivity contribution in [3.8, 4) is 0 Å². The number of benzene rings is 1. The van der Waals surface area contributed by atoms with Crippen LogP contribution >= 0.6 is 11.8 Å². The predicted molar refractivity (Wildman–Crippen MR) is 76.3 cm³/mol. The maximum Gasteiger partial charge on any atom is 0.335 e. The van der Waals surface area contributed by atoms with Gasteiger partial charge < -0.3 is 5.11 Å². The molecule has 0 unspecified atom stereocenters. The van der Waals surface area contributed by atoms with Gasteiger partial charge in [-0.15, -0.1) is 0 Å². The molecule has 0 spiro atoms. The largest absolute Gasteiger partial charge is 0.478 e. The van der Waals surface area contributed by atoms with E-state index >= 15 is 0 Å². The molecule has 2 N–H and O–H groups in total. The average molecular weight is 303 g/mol. The van der Waals surface area contributed by atoms with Gasteiger partial charge in [0.25, 0.3) is 0 Å². The lowest BCUT2D eigenvalue weighted by Gasteiger charge is -2.08. The van der Waals surface area contributed by atoms with Gasteiger partial charge in [0.1, 0.15) is 0 Å². The summed E-state index contributed by atoms with van der Waals surface area (Å²) < 4.78 is 26.4. The molecule has 0 atom stereocenters. The lowest BCUT2D eigenvalue weighted by molar-refractivity contribution is 0.0696. The first-order valence-electron chi connectivity index (χ1n) is 5.71. The lowest BCUT2D eigenvalue weighted by Crippen LogP contribution is -2.25. The number of sulfonamides is 1. The Labute approximate surface area is 117 Å². The first-order valence-corrected chi connectivity index (χ1v) is 8.58. The molecule has 5 nitrogen and oxygen atoms in total. The second-order valence-corrected chi connectivity index (χ2v) is 6.78. The number of carboxylic acid groups (broad SMARTS) is 1. The van der Waals surface area contributed by atoms with Crippen LogP contribution in [0.15, 0.2) is 23.1 Å². The smallest absolute Gasteiger partial charge is 0.335 e. The van der Waals surface area contributed by atoms with E-state index in [9.17, 15) is 13.2 Å². The van der Waals surface area contributed by atoms with Crippen LogP contribution in [0.25, 0.3) is 0 Å². The number of carboxylic acids is 1. The zero-order valence-electron chi connectivity index (χ0n) is 10.8. The topological polar surface area (TPSA) is 83.5 Å². The van der Waals surface area contributed by atoms with Crippen molar-refractivity contribution in [1.29, 1.82) is 0 Å². The van der Waals surface area contributed by atoms with Crippen molar-refractivity contribution in [3.05, 3.63) is 29.3 Å². The zero-order valence-corrected chi connectivity index (χ0v) is 12.5. The van der Waals surface area contributed by atoms with E-state index in [0.717, 1.165) is 12.2 Å². The summed E-state index contributed by atoms with van der Waals surface area (Å²) in [5, 5.41) is 8.89. The van der Waals surface area contributed by atoms with Crippen molar-refractivity contribution < 1.29 is 18.3 Å². The van der Waals surface area contributed by atoms with Gasteiger partial charge in [-0.05, 0) is 49.1 Å². The minimum atomic E-state index is -3.56. The Morgan fingerprint density at radius 2 is 2.11 bits per heavy atom. The number of nitrogens with one attached hydrogen (secondary N) is 1. The first kappa shape index (κ1) is 16.0. The number of rotatable bonds is 7. The van der Waals surface area contributed by atoms with Crippen molar-refractivity contribution in [2.24, 2.45) is 0 Å². The van der Waals surface area contributed by atoms with Crippen molar-refractivity contribution >= 4 is 27.8 Å². The van der Waals surface area contributed by atoms with Crippen LogP contribution in [-0.4, -0.2) is 38.0 Å². The van der Waals surface area contributed by atoms with Crippen LogP contribution in [0.4, 0.5) is 0 Å². The Morgan fingerprint density at radius 3 is 2.63 bits per heavy atom. The molecule has 106 valence electrons. The van der Waals surface area contributed by atoms with Crippen LogP contribution in [0.1, 0.15) is 22.3 Å². The third-order valence-electron chi connectivity index (χ3n) is 2.56. The Balaban J connectivity index is 2.84. The number of hydrogen-bond acceptors (Lipinski definition) is 4.